The van der Waals surface area contributed by atoms with E-state index in [1.165, 1.54) is 6.07 Å². The van der Waals surface area contributed by atoms with Gasteiger partial charge in [-0.15, -0.1) is 0 Å². The van der Waals surface area contributed by atoms with Gasteiger partial charge in [0.25, 0.3) is 11.6 Å². The number of nitro benzene ring substituents is 1. The van der Waals surface area contributed by atoms with Crippen LogP contribution in [0.2, 0.25) is 0 Å². The molecule has 0 radical (unpaired) electrons. The van der Waals surface area contributed by atoms with Crippen molar-refractivity contribution in [3.8, 4) is 5.75 Å². The number of nitro groups is 1. The van der Waals surface area contributed by atoms with Crippen LogP contribution in [0.3, 0.4) is 0 Å². The number of esters is 1. The van der Waals surface area contributed by atoms with E-state index in [1.807, 2.05) is 43.3 Å². The molecule has 154 valence electrons. The van der Waals surface area contributed by atoms with Gasteiger partial charge in [-0.1, -0.05) is 18.2 Å². The molecule has 0 fully saturated rings. The standard InChI is InChI=1S/C20H23N3O6/c1-22(2)17(16-7-5-6-8-18(16)28-3)12-21-19(24)13-9-14(20(25)29-4)11-15(10-13)23(26)27/h5-11,17H,12H2,1-4H3,(H,21,24). The largest absolute Gasteiger partial charge is 0.496 e. The Morgan fingerprint density at radius 3 is 2.38 bits per heavy atom. The van der Waals surface area contributed by atoms with Crippen molar-refractivity contribution < 1.29 is 24.0 Å². The minimum atomic E-state index is -0.761. The first kappa shape index (κ1) is 21.8. The van der Waals surface area contributed by atoms with E-state index in [-0.39, 0.29) is 29.4 Å². The van der Waals surface area contributed by atoms with Crippen molar-refractivity contribution in [2.24, 2.45) is 0 Å². The second-order valence-corrected chi connectivity index (χ2v) is 6.45. The topological polar surface area (TPSA) is 111 Å². The highest BCUT2D eigenvalue weighted by Gasteiger charge is 2.22. The average molecular weight is 401 g/mol. The van der Waals surface area contributed by atoms with E-state index in [2.05, 4.69) is 10.1 Å². The van der Waals surface area contributed by atoms with Crippen molar-refractivity contribution in [3.05, 3.63) is 69.3 Å². The Hall–Kier alpha value is -3.46. The number of carbonyl (C=O) groups excluding carboxylic acids is 2. The van der Waals surface area contributed by atoms with E-state index in [0.717, 1.165) is 24.8 Å². The van der Waals surface area contributed by atoms with Gasteiger partial charge >= 0.3 is 5.97 Å². The smallest absolute Gasteiger partial charge is 0.338 e. The summed E-state index contributed by atoms with van der Waals surface area (Å²) >= 11 is 0. The van der Waals surface area contributed by atoms with Gasteiger partial charge in [0, 0.05) is 29.8 Å². The van der Waals surface area contributed by atoms with Crippen LogP contribution in [0.4, 0.5) is 5.69 Å². The summed E-state index contributed by atoms with van der Waals surface area (Å²) in [4.78, 5) is 36.8. The van der Waals surface area contributed by atoms with Gasteiger partial charge in [0.2, 0.25) is 0 Å². The molecule has 1 amide bonds. The fraction of sp³-hybridized carbons (Fsp3) is 0.300. The molecule has 0 heterocycles. The monoisotopic (exact) mass is 401 g/mol. The molecule has 2 rings (SSSR count). The number of hydrogen-bond acceptors (Lipinski definition) is 7. The van der Waals surface area contributed by atoms with Crippen LogP contribution in [0, 0.1) is 10.1 Å². The van der Waals surface area contributed by atoms with Gasteiger partial charge in [0.05, 0.1) is 30.7 Å². The normalized spacial score (nSPS) is 11.6. The fourth-order valence-electron chi connectivity index (χ4n) is 2.89. The second-order valence-electron chi connectivity index (χ2n) is 6.45. The maximum Gasteiger partial charge on any atom is 0.338 e. The Balaban J connectivity index is 2.27. The molecule has 0 aliphatic carbocycles. The van der Waals surface area contributed by atoms with Gasteiger partial charge in [-0.25, -0.2) is 4.79 Å². The van der Waals surface area contributed by atoms with Crippen molar-refractivity contribution in [1.29, 1.82) is 0 Å². The summed E-state index contributed by atoms with van der Waals surface area (Å²) in [5.74, 6) is -0.618. The maximum atomic E-state index is 12.7. The van der Waals surface area contributed by atoms with Gasteiger partial charge in [-0.2, -0.15) is 0 Å². The molecule has 29 heavy (non-hydrogen) atoms. The summed E-state index contributed by atoms with van der Waals surface area (Å²) in [6.45, 7) is 0.225. The zero-order chi connectivity index (χ0) is 21.6. The van der Waals surface area contributed by atoms with Crippen molar-refractivity contribution in [1.82, 2.24) is 10.2 Å². The molecule has 0 saturated carbocycles. The molecular weight excluding hydrogens is 378 g/mol. The number of non-ortho nitro benzene ring substituents is 1. The number of para-hydroxylation sites is 1. The molecule has 1 N–H and O–H groups in total. The number of rotatable bonds is 8. The Labute approximate surface area is 168 Å². The van der Waals surface area contributed by atoms with Gasteiger partial charge in [-0.3, -0.25) is 14.9 Å². The van der Waals surface area contributed by atoms with E-state index in [4.69, 9.17) is 4.74 Å². The molecule has 0 saturated heterocycles. The first-order chi connectivity index (χ1) is 13.8. The van der Waals surface area contributed by atoms with Crippen LogP contribution in [0.1, 0.15) is 32.3 Å². The number of methoxy groups -OCH3 is 2. The van der Waals surface area contributed by atoms with E-state index >= 15 is 0 Å². The highest BCUT2D eigenvalue weighted by atomic mass is 16.6. The number of nitrogens with zero attached hydrogens (tertiary/aromatic N) is 2. The number of carbonyl (C=O) groups is 2. The Bertz CT molecular complexity index is 913. The average Bonchev–Trinajstić information content (AvgIpc) is 2.72. The Morgan fingerprint density at radius 2 is 1.79 bits per heavy atom. The van der Waals surface area contributed by atoms with E-state index in [0.29, 0.717) is 5.75 Å². The lowest BCUT2D eigenvalue weighted by Gasteiger charge is -2.26. The first-order valence-electron chi connectivity index (χ1n) is 8.73. The summed E-state index contributed by atoms with van der Waals surface area (Å²) in [6.07, 6.45) is 0. The minimum absolute atomic E-state index is 0.00265. The van der Waals surface area contributed by atoms with Crippen LogP contribution >= 0.6 is 0 Å². The second kappa shape index (κ2) is 9.65. The molecule has 0 aliphatic rings. The molecule has 0 spiro atoms. The summed E-state index contributed by atoms with van der Waals surface area (Å²) in [6, 6.07) is 10.7. The molecule has 2 aromatic carbocycles. The van der Waals surface area contributed by atoms with Gasteiger partial charge in [-0.05, 0) is 26.2 Å². The molecule has 9 heteroatoms. The SMILES string of the molecule is COC(=O)c1cc(C(=O)NCC(c2ccccc2OC)N(C)C)cc([N+](=O)[O-])c1. The number of hydrogen-bond donors (Lipinski definition) is 1. The van der Waals surface area contributed by atoms with E-state index in [1.54, 1.807) is 7.11 Å². The number of ether oxygens (including phenoxy) is 2. The number of benzene rings is 2. The lowest BCUT2D eigenvalue weighted by atomic mass is 10.0. The zero-order valence-corrected chi connectivity index (χ0v) is 16.7. The molecule has 9 nitrogen and oxygen atoms in total. The quantitative estimate of drug-likeness (QED) is 0.411. The summed E-state index contributed by atoms with van der Waals surface area (Å²) < 4.78 is 10.0. The molecule has 0 aliphatic heterocycles. The van der Waals surface area contributed by atoms with Crippen molar-refractivity contribution in [3.63, 3.8) is 0 Å². The van der Waals surface area contributed by atoms with Crippen molar-refractivity contribution >= 4 is 17.6 Å². The molecular formula is C20H23N3O6. The Kier molecular flexibility index (Phi) is 7.27. The summed E-state index contributed by atoms with van der Waals surface area (Å²) in [5.41, 5.74) is 0.444. The van der Waals surface area contributed by atoms with Crippen LogP contribution in [0.5, 0.6) is 5.75 Å². The first-order valence-corrected chi connectivity index (χ1v) is 8.73. The van der Waals surface area contributed by atoms with Gasteiger partial charge in [0.1, 0.15) is 5.75 Å². The van der Waals surface area contributed by atoms with E-state index in [9.17, 15) is 19.7 Å². The van der Waals surface area contributed by atoms with E-state index < -0.39 is 16.8 Å². The Morgan fingerprint density at radius 1 is 1.14 bits per heavy atom. The predicted molar refractivity (Wildman–Crippen MR) is 106 cm³/mol. The minimum Gasteiger partial charge on any atom is -0.496 e. The van der Waals surface area contributed by atoms with Crippen LogP contribution in [0.15, 0.2) is 42.5 Å². The van der Waals surface area contributed by atoms with Gasteiger partial charge < -0.3 is 19.7 Å². The van der Waals surface area contributed by atoms with Crippen LogP contribution in [-0.2, 0) is 4.74 Å². The molecule has 1 atom stereocenters. The van der Waals surface area contributed by atoms with Crippen molar-refractivity contribution in [2.75, 3.05) is 34.9 Å². The molecule has 2 aromatic rings. The molecule has 0 bridgehead atoms. The lowest BCUT2D eigenvalue weighted by Crippen LogP contribution is -2.34. The predicted octanol–water partition coefficient (Wildman–Crippen LogP) is 2.42. The third kappa shape index (κ3) is 5.29. The highest BCUT2D eigenvalue weighted by Crippen LogP contribution is 2.27. The van der Waals surface area contributed by atoms with Crippen LogP contribution in [0.25, 0.3) is 0 Å². The number of amides is 1. The third-order valence-electron chi connectivity index (χ3n) is 4.39. The fourth-order valence-corrected chi connectivity index (χ4v) is 2.89. The van der Waals surface area contributed by atoms with Crippen molar-refractivity contribution in [2.45, 2.75) is 6.04 Å². The molecule has 0 aromatic heterocycles. The summed E-state index contributed by atoms with van der Waals surface area (Å²) in [7, 11) is 6.47. The third-order valence-corrected chi connectivity index (χ3v) is 4.39. The van der Waals surface area contributed by atoms with Crippen LogP contribution < -0.4 is 10.1 Å². The number of nitrogens with one attached hydrogen (secondary N) is 1. The maximum absolute atomic E-state index is 12.7. The lowest BCUT2D eigenvalue weighted by molar-refractivity contribution is -0.384. The summed E-state index contributed by atoms with van der Waals surface area (Å²) in [5, 5.41) is 13.9. The van der Waals surface area contributed by atoms with Crippen LogP contribution in [-0.4, -0.2) is 56.6 Å². The molecule has 1 unspecified atom stereocenters. The van der Waals surface area contributed by atoms with Gasteiger partial charge in [0.15, 0.2) is 0 Å². The highest BCUT2D eigenvalue weighted by molar-refractivity contribution is 5.99. The number of likely N-dealkylation sites (N-methyl/N-ethyl adjacent to an activating group) is 1. The zero-order valence-electron chi connectivity index (χ0n) is 16.7.